The van der Waals surface area contributed by atoms with E-state index < -0.39 is 43.1 Å². The zero-order chi connectivity index (χ0) is 41.0. The van der Waals surface area contributed by atoms with Crippen LogP contribution in [0.2, 0.25) is 5.02 Å². The second kappa shape index (κ2) is 15.4. The van der Waals surface area contributed by atoms with E-state index in [1.165, 1.54) is 19.1 Å². The summed E-state index contributed by atoms with van der Waals surface area (Å²) in [6, 6.07) is 8.37. The third kappa shape index (κ3) is 7.56. The number of esters is 2. The summed E-state index contributed by atoms with van der Waals surface area (Å²) < 4.78 is 76.2. The number of halogens is 4. The molecule has 1 amide bonds. The highest BCUT2D eigenvalue weighted by Crippen LogP contribution is 2.62. The fraction of sp³-hybridized carbons (Fsp3) is 0.463. The van der Waals surface area contributed by atoms with Crippen molar-refractivity contribution < 1.29 is 55.6 Å². The molecule has 4 aliphatic heterocycles. The van der Waals surface area contributed by atoms with E-state index in [4.69, 9.17) is 30.3 Å². The van der Waals surface area contributed by atoms with Crippen molar-refractivity contribution in [2.75, 3.05) is 31.1 Å². The topological polar surface area (TPSA) is 138 Å². The fourth-order valence-corrected chi connectivity index (χ4v) is 9.18. The summed E-state index contributed by atoms with van der Waals surface area (Å²) in [6.07, 6.45) is -1.13. The number of hydrogen-bond acceptors (Lipinski definition) is 10. The third-order valence-electron chi connectivity index (χ3n) is 10.7. The quantitative estimate of drug-likeness (QED) is 0.0888. The van der Waals surface area contributed by atoms with E-state index in [0.717, 1.165) is 49.2 Å². The summed E-state index contributed by atoms with van der Waals surface area (Å²) in [6.45, 7) is 8.04. The smallest absolute Gasteiger partial charge is 0.454 e. The van der Waals surface area contributed by atoms with Crippen LogP contribution >= 0.6 is 19.6 Å². The van der Waals surface area contributed by atoms with Crippen molar-refractivity contribution in [3.63, 3.8) is 0 Å². The SMILES string of the molecule is CC(=O)CCc1cc2c(c(Cl)c1OC(=O)C(C)(C)C)Oc1c(cc3c4c1CCCN4CCC3)C21OC(=O)c2ccc([PH](=O)OCCCCNC(=O)C(F)(F)F)cc21. The molecule has 1 N–H and O–H groups in total. The lowest BCUT2D eigenvalue weighted by Gasteiger charge is -2.43. The van der Waals surface area contributed by atoms with Crippen LogP contribution in [0.4, 0.5) is 18.9 Å². The number of amides is 1. The highest BCUT2D eigenvalue weighted by Gasteiger charge is 2.56. The van der Waals surface area contributed by atoms with E-state index in [0.29, 0.717) is 34.4 Å². The summed E-state index contributed by atoms with van der Waals surface area (Å²) in [5, 5.41) is 2.03. The second-order valence-corrected chi connectivity index (χ2v) is 17.7. The molecule has 4 heterocycles. The number of carbonyl (C=O) groups excluding carboxylic acids is 4. The molecule has 0 saturated heterocycles. The van der Waals surface area contributed by atoms with Gasteiger partial charge in [0, 0.05) is 59.3 Å². The number of Topliss-reactive ketones (excluding diaryl/α,β-unsaturated/α-hetero) is 1. The average Bonchev–Trinajstić information content (AvgIpc) is 3.44. The van der Waals surface area contributed by atoms with Gasteiger partial charge < -0.3 is 33.7 Å². The van der Waals surface area contributed by atoms with Gasteiger partial charge in [0.2, 0.25) is 8.03 Å². The number of hydrogen-bond donors (Lipinski definition) is 1. The molecule has 0 aliphatic carbocycles. The van der Waals surface area contributed by atoms with Gasteiger partial charge in [-0.1, -0.05) is 11.6 Å². The molecular weight excluding hydrogens is 788 g/mol. The van der Waals surface area contributed by atoms with Gasteiger partial charge in [-0.3, -0.25) is 14.2 Å². The van der Waals surface area contributed by atoms with Crippen LogP contribution < -0.4 is 25.0 Å². The van der Waals surface area contributed by atoms with Crippen molar-refractivity contribution in [2.24, 2.45) is 5.41 Å². The van der Waals surface area contributed by atoms with Gasteiger partial charge in [0.05, 0.1) is 17.6 Å². The van der Waals surface area contributed by atoms with Crippen molar-refractivity contribution in [2.45, 2.75) is 90.8 Å². The molecule has 3 aromatic rings. The standard InChI is InChI=1S/C41H43ClF3N2O9P/c1-22(48)11-12-24-20-30-35(31(42)33(24)55-38(51)39(2,3)4)54-34-27-10-8-17-47-16-7-9-23(32(27)47)19-29(34)40(30)28-21-25(13-14-26(28)36(49)56-40)57(52)53-18-6-5-15-46-37(50)41(43,44)45/h13-14,19-21,57H,5-12,15-18H2,1-4H3,(H,46,50). The molecule has 57 heavy (non-hydrogen) atoms. The van der Waals surface area contributed by atoms with Gasteiger partial charge in [-0.05, 0) is 114 Å². The van der Waals surface area contributed by atoms with Crippen molar-refractivity contribution in [1.29, 1.82) is 0 Å². The van der Waals surface area contributed by atoms with Gasteiger partial charge in [0.15, 0.2) is 17.1 Å². The average molecular weight is 831 g/mol. The number of rotatable bonds is 11. The van der Waals surface area contributed by atoms with Crippen molar-refractivity contribution in [3.8, 4) is 17.2 Å². The summed E-state index contributed by atoms with van der Waals surface area (Å²) in [5.41, 5.74) is 2.42. The van der Waals surface area contributed by atoms with Crippen LogP contribution in [0.5, 0.6) is 17.2 Å². The maximum atomic E-state index is 14.0. The van der Waals surface area contributed by atoms with E-state index >= 15 is 0 Å². The first kappa shape index (κ1) is 40.8. The fourth-order valence-electron chi connectivity index (χ4n) is 7.90. The van der Waals surface area contributed by atoms with Crippen LogP contribution in [0.1, 0.15) is 104 Å². The van der Waals surface area contributed by atoms with Crippen LogP contribution in [0.25, 0.3) is 0 Å². The lowest BCUT2D eigenvalue weighted by Crippen LogP contribution is -2.38. The normalized spacial score (nSPS) is 18.5. The molecule has 0 aromatic heterocycles. The van der Waals surface area contributed by atoms with Gasteiger partial charge in [-0.25, -0.2) is 4.79 Å². The Morgan fingerprint density at radius 2 is 1.72 bits per heavy atom. The van der Waals surface area contributed by atoms with E-state index in [2.05, 4.69) is 4.90 Å². The molecule has 2 atom stereocenters. The molecule has 0 radical (unpaired) electrons. The maximum Gasteiger partial charge on any atom is 0.471 e. The number of carbonyl (C=O) groups is 4. The number of nitrogens with zero attached hydrogens (tertiary/aromatic N) is 1. The lowest BCUT2D eigenvalue weighted by molar-refractivity contribution is -0.173. The molecule has 1 spiro atoms. The Labute approximate surface area is 333 Å². The van der Waals surface area contributed by atoms with Gasteiger partial charge >= 0.3 is 24.0 Å². The predicted molar refractivity (Wildman–Crippen MR) is 206 cm³/mol. The minimum absolute atomic E-state index is 0.0322. The van der Waals surface area contributed by atoms with Gasteiger partial charge in [0.1, 0.15) is 16.6 Å². The predicted octanol–water partition coefficient (Wildman–Crippen LogP) is 7.66. The molecule has 16 heteroatoms. The first-order valence-corrected chi connectivity index (χ1v) is 20.7. The molecule has 7 rings (SSSR count). The van der Waals surface area contributed by atoms with Crippen LogP contribution in [-0.4, -0.2) is 56.0 Å². The Morgan fingerprint density at radius 3 is 2.42 bits per heavy atom. The molecule has 0 bridgehead atoms. The van der Waals surface area contributed by atoms with Crippen LogP contribution in [0, 0.1) is 5.41 Å². The first-order chi connectivity index (χ1) is 26.9. The molecule has 3 aromatic carbocycles. The number of unbranched alkanes of at least 4 members (excludes halogenated alkanes) is 1. The number of anilines is 1. The van der Waals surface area contributed by atoms with Crippen LogP contribution in [0.15, 0.2) is 30.3 Å². The minimum atomic E-state index is -4.98. The minimum Gasteiger partial charge on any atom is -0.454 e. The summed E-state index contributed by atoms with van der Waals surface area (Å²) in [7, 11) is -2.97. The highest BCUT2D eigenvalue weighted by molar-refractivity contribution is 7.48. The molecule has 0 fully saturated rings. The van der Waals surface area contributed by atoms with E-state index in [-0.39, 0.29) is 72.0 Å². The third-order valence-corrected chi connectivity index (χ3v) is 12.3. The largest absolute Gasteiger partial charge is 0.471 e. The number of ketones is 1. The zero-order valence-corrected chi connectivity index (χ0v) is 33.8. The lowest BCUT2D eigenvalue weighted by atomic mass is 9.74. The molecular formula is C41H43ClF3N2O9P. The number of alkyl halides is 3. The van der Waals surface area contributed by atoms with Crippen LogP contribution in [-0.2, 0) is 53.1 Å². The number of nitrogens with one attached hydrogen (secondary N) is 1. The van der Waals surface area contributed by atoms with Crippen molar-refractivity contribution >= 4 is 54.2 Å². The van der Waals surface area contributed by atoms with E-state index in [1.807, 2.05) is 6.07 Å². The molecule has 2 unspecified atom stereocenters. The van der Waals surface area contributed by atoms with E-state index in [1.54, 1.807) is 38.2 Å². The maximum absolute atomic E-state index is 14.0. The Hall–Kier alpha value is -4.39. The number of benzene rings is 3. The summed E-state index contributed by atoms with van der Waals surface area (Å²) in [4.78, 5) is 53.1. The Balaban J connectivity index is 1.35. The summed E-state index contributed by atoms with van der Waals surface area (Å²) in [5.74, 6) is -2.73. The van der Waals surface area contributed by atoms with Crippen LogP contribution in [0.3, 0.4) is 0 Å². The number of fused-ring (bicyclic) bond motifs is 7. The van der Waals surface area contributed by atoms with Gasteiger partial charge in [-0.2, -0.15) is 13.2 Å². The Morgan fingerprint density at radius 1 is 1.00 bits per heavy atom. The highest BCUT2D eigenvalue weighted by atomic mass is 35.5. The van der Waals surface area contributed by atoms with E-state index in [9.17, 15) is 36.9 Å². The summed E-state index contributed by atoms with van der Waals surface area (Å²) >= 11 is 7.25. The zero-order valence-electron chi connectivity index (χ0n) is 32.0. The van der Waals surface area contributed by atoms with Crippen molar-refractivity contribution in [1.82, 2.24) is 5.32 Å². The second-order valence-electron chi connectivity index (χ2n) is 15.9. The monoisotopic (exact) mass is 830 g/mol. The number of aryl methyl sites for hydroxylation is 2. The molecule has 4 aliphatic rings. The van der Waals surface area contributed by atoms with Crippen molar-refractivity contribution in [3.05, 3.63) is 74.3 Å². The molecule has 0 saturated carbocycles. The Bertz CT molecular complexity index is 2220. The molecule has 304 valence electrons. The van der Waals surface area contributed by atoms with Gasteiger partial charge in [0.25, 0.3) is 0 Å². The van der Waals surface area contributed by atoms with Gasteiger partial charge in [-0.15, -0.1) is 0 Å². The molecule has 11 nitrogen and oxygen atoms in total. The number of ether oxygens (including phenoxy) is 3. The first-order valence-electron chi connectivity index (χ1n) is 19.0. The Kier molecular flexibility index (Phi) is 11.0.